The van der Waals surface area contributed by atoms with E-state index in [1.165, 1.54) is 38.5 Å². The number of ether oxygens (including phenoxy) is 7. The predicted octanol–water partition coefficient (Wildman–Crippen LogP) is -2.06. The zero-order valence-electron chi connectivity index (χ0n) is 24.5. The number of phenols is 3. The van der Waals surface area contributed by atoms with Crippen molar-refractivity contribution in [2.45, 2.75) is 67.5 Å². The van der Waals surface area contributed by atoms with E-state index in [-0.39, 0.29) is 45.6 Å². The second-order valence-electron chi connectivity index (χ2n) is 10.8. The first-order valence-corrected chi connectivity index (χ1v) is 14.1. The van der Waals surface area contributed by atoms with Crippen LogP contribution in [0.25, 0.3) is 6.08 Å². The molecule has 2 fully saturated rings. The molecule has 2 aromatic rings. The molecule has 46 heavy (non-hydrogen) atoms. The van der Waals surface area contributed by atoms with E-state index in [2.05, 4.69) is 0 Å². The summed E-state index contributed by atoms with van der Waals surface area (Å²) in [5.41, 5.74) is 0.337. The van der Waals surface area contributed by atoms with Crippen LogP contribution in [0.15, 0.2) is 30.0 Å². The Labute approximate surface area is 261 Å². The second kappa shape index (κ2) is 13.6. The summed E-state index contributed by atoms with van der Waals surface area (Å²) in [6, 6.07) is 5.09. The fourth-order valence-electron chi connectivity index (χ4n) is 5.42. The molecule has 3 aliphatic rings. The highest BCUT2D eigenvalue weighted by molar-refractivity contribution is 5.70. The molecule has 2 aromatic carbocycles. The van der Waals surface area contributed by atoms with Crippen LogP contribution in [-0.4, -0.2) is 140 Å². The topological polar surface area (TPSA) is 267 Å². The number of aliphatic hydroxyl groups excluding tert-OH is 7. The van der Waals surface area contributed by atoms with E-state index in [1.807, 2.05) is 0 Å². The number of hydrogen-bond acceptors (Lipinski definition) is 17. The lowest BCUT2D eigenvalue weighted by molar-refractivity contribution is -0.357. The van der Waals surface area contributed by atoms with Crippen LogP contribution in [0.1, 0.15) is 17.2 Å². The number of fused-ring (bicyclic) bond motifs is 1. The van der Waals surface area contributed by atoms with Crippen LogP contribution in [0.3, 0.4) is 0 Å². The first-order chi connectivity index (χ1) is 21.9. The van der Waals surface area contributed by atoms with Crippen LogP contribution >= 0.6 is 0 Å². The molecule has 3 heterocycles. The molecule has 0 amide bonds. The Morgan fingerprint density at radius 3 is 1.93 bits per heavy atom. The summed E-state index contributed by atoms with van der Waals surface area (Å²) in [6.07, 6.45) is -16.9. The van der Waals surface area contributed by atoms with E-state index in [9.17, 15) is 51.1 Å². The Kier molecular flexibility index (Phi) is 9.99. The summed E-state index contributed by atoms with van der Waals surface area (Å²) in [7, 11) is 2.61. The molecule has 5 rings (SSSR count). The molecule has 17 nitrogen and oxygen atoms in total. The van der Waals surface area contributed by atoms with E-state index in [4.69, 9.17) is 33.2 Å². The van der Waals surface area contributed by atoms with Gasteiger partial charge in [0, 0.05) is 17.7 Å². The highest BCUT2D eigenvalue weighted by Gasteiger charge is 2.51. The average molecular weight is 657 g/mol. The van der Waals surface area contributed by atoms with Crippen LogP contribution in [-0.2, 0) is 18.9 Å². The van der Waals surface area contributed by atoms with Crippen molar-refractivity contribution in [2.75, 3.05) is 27.4 Å². The van der Waals surface area contributed by atoms with E-state index in [1.54, 1.807) is 0 Å². The zero-order chi connectivity index (χ0) is 33.4. The lowest BCUT2D eigenvalue weighted by Crippen LogP contribution is -2.64. The molecule has 0 aromatic heterocycles. The Morgan fingerprint density at radius 1 is 0.717 bits per heavy atom. The second-order valence-corrected chi connectivity index (χ2v) is 10.8. The number of aromatic hydroxyl groups is 3. The Balaban J connectivity index is 1.50. The molecule has 0 spiro atoms. The quantitative estimate of drug-likeness (QED) is 0.139. The van der Waals surface area contributed by atoms with Gasteiger partial charge in [0.25, 0.3) is 0 Å². The fraction of sp³-hybridized carbons (Fsp3) is 0.517. The van der Waals surface area contributed by atoms with Gasteiger partial charge in [-0.15, -0.1) is 0 Å². The monoisotopic (exact) mass is 656 g/mol. The van der Waals surface area contributed by atoms with Gasteiger partial charge in [-0.2, -0.15) is 0 Å². The first-order valence-electron chi connectivity index (χ1n) is 14.1. The van der Waals surface area contributed by atoms with Crippen LogP contribution in [0.5, 0.6) is 34.5 Å². The maximum atomic E-state index is 11.3. The van der Waals surface area contributed by atoms with Gasteiger partial charge in [-0.05, 0) is 18.2 Å². The Hall–Kier alpha value is -3.62. The lowest BCUT2D eigenvalue weighted by atomic mass is 9.96. The molecule has 1 unspecified atom stereocenters. The van der Waals surface area contributed by atoms with Crippen LogP contribution in [0.2, 0.25) is 0 Å². The molecule has 10 N–H and O–H groups in total. The maximum absolute atomic E-state index is 11.3. The van der Waals surface area contributed by atoms with Crippen molar-refractivity contribution in [3.8, 4) is 34.5 Å². The van der Waals surface area contributed by atoms with E-state index >= 15 is 0 Å². The highest BCUT2D eigenvalue weighted by atomic mass is 16.7. The molecule has 0 bridgehead atoms. The third-order valence-corrected chi connectivity index (χ3v) is 7.91. The molecule has 3 aliphatic heterocycles. The Morgan fingerprint density at radius 2 is 1.33 bits per heavy atom. The summed E-state index contributed by atoms with van der Waals surface area (Å²) >= 11 is 0. The van der Waals surface area contributed by atoms with Crippen molar-refractivity contribution in [2.24, 2.45) is 0 Å². The van der Waals surface area contributed by atoms with Crippen molar-refractivity contribution < 1.29 is 84.2 Å². The molecular weight excluding hydrogens is 620 g/mol. The molecule has 2 saturated heterocycles. The van der Waals surface area contributed by atoms with Gasteiger partial charge in [-0.1, -0.05) is 0 Å². The van der Waals surface area contributed by atoms with Crippen molar-refractivity contribution in [1.29, 1.82) is 0 Å². The normalized spacial score (nSPS) is 34.2. The molecular formula is C29H36O17. The smallest absolute Gasteiger partial charge is 0.228 e. The molecule has 11 atom stereocenters. The van der Waals surface area contributed by atoms with Gasteiger partial charge in [0.2, 0.25) is 12.0 Å². The third-order valence-electron chi connectivity index (χ3n) is 7.91. The van der Waals surface area contributed by atoms with Crippen LogP contribution in [0.4, 0.5) is 0 Å². The van der Waals surface area contributed by atoms with Gasteiger partial charge in [0.1, 0.15) is 71.8 Å². The minimum absolute atomic E-state index is 0.00716. The van der Waals surface area contributed by atoms with Gasteiger partial charge in [0.05, 0.1) is 33.0 Å². The van der Waals surface area contributed by atoms with Crippen LogP contribution in [0, 0.1) is 0 Å². The third kappa shape index (κ3) is 6.21. The van der Waals surface area contributed by atoms with E-state index < -0.39 is 86.5 Å². The van der Waals surface area contributed by atoms with Gasteiger partial charge in [0.15, 0.2) is 23.9 Å². The van der Waals surface area contributed by atoms with E-state index in [0.717, 1.165) is 6.07 Å². The molecule has 254 valence electrons. The number of aliphatic hydroxyl groups is 7. The van der Waals surface area contributed by atoms with Gasteiger partial charge in [-0.3, -0.25) is 0 Å². The first kappa shape index (κ1) is 33.7. The average Bonchev–Trinajstić information content (AvgIpc) is 3.04. The summed E-state index contributed by atoms with van der Waals surface area (Å²) < 4.78 is 39.3. The molecule has 17 heteroatoms. The lowest BCUT2D eigenvalue weighted by Gasteiger charge is -2.46. The van der Waals surface area contributed by atoms with Gasteiger partial charge < -0.3 is 84.2 Å². The predicted molar refractivity (Wildman–Crippen MR) is 150 cm³/mol. The van der Waals surface area contributed by atoms with Crippen molar-refractivity contribution in [1.82, 2.24) is 0 Å². The Bertz CT molecular complexity index is 1390. The minimum atomic E-state index is -1.88. The highest BCUT2D eigenvalue weighted by Crippen LogP contribution is 2.47. The standard InChI is InChI=1S/C29H36O17/c1-40-15-3-10(4-16(41-2)20(15)34)26-17(7-12-13(33)5-11(32)6-14(12)42-26)43-29-25(39)27(22(36)19(9-31)45-29)46-28-24(38)23(37)21(35)18(8-30)44-28/h3-7,18-19,21-39H,8-9H2,1-2H3/t18-,19-,21-,22-,23+,24-,25-,26?,27+,28+,29-/m1/s1. The SMILES string of the molecule is COc1cc(C2Oc3cc(O)cc(O)c3C=C2O[C@@H]2O[C@H](CO)[C@@H](O)[C@H](O[C@@H]3O[C@H](CO)[C@@H](O)[C@H](O)[C@H]3O)[C@H]2O)cc(OC)c1O. The molecule has 0 radical (unpaired) electrons. The fourth-order valence-corrected chi connectivity index (χ4v) is 5.42. The number of hydrogen-bond donors (Lipinski definition) is 10. The summed E-state index contributed by atoms with van der Waals surface area (Å²) in [5.74, 6) is -1.13. The maximum Gasteiger partial charge on any atom is 0.228 e. The number of rotatable bonds is 9. The van der Waals surface area contributed by atoms with Crippen molar-refractivity contribution >= 4 is 6.08 Å². The summed E-state index contributed by atoms with van der Waals surface area (Å²) in [4.78, 5) is 0. The number of methoxy groups -OCH3 is 2. The summed E-state index contributed by atoms with van der Waals surface area (Å²) in [5, 5.41) is 103. The van der Waals surface area contributed by atoms with E-state index in [0.29, 0.717) is 0 Å². The minimum Gasteiger partial charge on any atom is -0.508 e. The zero-order valence-corrected chi connectivity index (χ0v) is 24.5. The molecule has 0 aliphatic carbocycles. The number of phenolic OH excluding ortho intramolecular Hbond substituents is 3. The summed E-state index contributed by atoms with van der Waals surface area (Å²) in [6.45, 7) is -1.56. The van der Waals surface area contributed by atoms with Crippen molar-refractivity contribution in [3.63, 3.8) is 0 Å². The number of benzene rings is 2. The van der Waals surface area contributed by atoms with Crippen molar-refractivity contribution in [3.05, 3.63) is 41.2 Å². The largest absolute Gasteiger partial charge is 0.508 e. The van der Waals surface area contributed by atoms with Gasteiger partial charge >= 0.3 is 0 Å². The molecule has 0 saturated carbocycles. The van der Waals surface area contributed by atoms with Gasteiger partial charge in [-0.25, -0.2) is 0 Å². The van der Waals surface area contributed by atoms with Crippen LogP contribution < -0.4 is 14.2 Å².